The van der Waals surface area contributed by atoms with Crippen LogP contribution >= 0.6 is 0 Å². The molecular weight excluding hydrogens is 283 g/mol. The Balaban J connectivity index is 2.34. The summed E-state index contributed by atoms with van der Waals surface area (Å²) in [5.41, 5.74) is 5.23. The second-order valence-corrected chi connectivity index (χ2v) is 4.52. The first-order valence-electron chi connectivity index (χ1n) is 5.95. The molecule has 21 heavy (non-hydrogen) atoms. The molecule has 2 heterocycles. The van der Waals surface area contributed by atoms with Crippen molar-refractivity contribution in [1.82, 2.24) is 4.98 Å². The fourth-order valence-electron chi connectivity index (χ4n) is 2.41. The Labute approximate surface area is 117 Å². The van der Waals surface area contributed by atoms with Gasteiger partial charge in [-0.15, -0.1) is 0 Å². The molecular formula is C14H8F3N3O. The van der Waals surface area contributed by atoms with Crippen molar-refractivity contribution in [1.29, 1.82) is 5.26 Å². The van der Waals surface area contributed by atoms with E-state index in [4.69, 9.17) is 15.7 Å². The molecule has 1 unspecified atom stereocenters. The summed E-state index contributed by atoms with van der Waals surface area (Å²) in [5, 5.41) is 9.37. The van der Waals surface area contributed by atoms with Crippen LogP contribution in [-0.2, 0) is 0 Å². The van der Waals surface area contributed by atoms with Gasteiger partial charge in [-0.25, -0.2) is 0 Å². The van der Waals surface area contributed by atoms with Crippen LogP contribution in [-0.4, -0.2) is 11.2 Å². The fourth-order valence-corrected chi connectivity index (χ4v) is 2.41. The fraction of sp³-hybridized carbons (Fsp3) is 0.143. The number of aromatic nitrogens is 1. The van der Waals surface area contributed by atoms with E-state index in [0.29, 0.717) is 10.9 Å². The average molecular weight is 291 g/mol. The third-order valence-electron chi connectivity index (χ3n) is 3.29. The summed E-state index contributed by atoms with van der Waals surface area (Å²) in [5.74, 6) is -2.61. The molecule has 0 saturated heterocycles. The van der Waals surface area contributed by atoms with Crippen LogP contribution in [0.2, 0.25) is 0 Å². The van der Waals surface area contributed by atoms with Gasteiger partial charge in [0.1, 0.15) is 23.3 Å². The second kappa shape index (κ2) is 4.38. The molecule has 0 radical (unpaired) electrons. The quantitative estimate of drug-likeness (QED) is 0.810. The van der Waals surface area contributed by atoms with Gasteiger partial charge in [-0.1, -0.05) is 6.07 Å². The maximum atomic E-state index is 13.3. The standard InChI is InChI=1S/C14H8F3N3O/c15-14(16,17)11-8-3-4-10-7(2-1-5-20-10)12(8)21-13(19)9(11)6-18/h1-5,11H,19H2. The van der Waals surface area contributed by atoms with Crippen molar-refractivity contribution >= 4 is 10.9 Å². The van der Waals surface area contributed by atoms with Crippen LogP contribution in [0.5, 0.6) is 5.75 Å². The molecule has 106 valence electrons. The van der Waals surface area contributed by atoms with Crippen molar-refractivity contribution in [3.05, 3.63) is 47.5 Å². The third-order valence-corrected chi connectivity index (χ3v) is 3.29. The molecule has 1 aliphatic rings. The number of ether oxygens (including phenoxy) is 1. The van der Waals surface area contributed by atoms with E-state index in [2.05, 4.69) is 4.98 Å². The van der Waals surface area contributed by atoms with Crippen molar-refractivity contribution in [2.24, 2.45) is 5.73 Å². The zero-order valence-corrected chi connectivity index (χ0v) is 10.5. The molecule has 2 N–H and O–H groups in total. The van der Waals surface area contributed by atoms with E-state index in [-0.39, 0.29) is 11.3 Å². The topological polar surface area (TPSA) is 71.9 Å². The molecule has 0 amide bonds. The van der Waals surface area contributed by atoms with Gasteiger partial charge in [0.15, 0.2) is 0 Å². The van der Waals surface area contributed by atoms with Crippen molar-refractivity contribution in [3.63, 3.8) is 0 Å². The molecule has 1 atom stereocenters. The highest BCUT2D eigenvalue weighted by molar-refractivity contribution is 5.87. The van der Waals surface area contributed by atoms with Gasteiger partial charge in [0.05, 0.1) is 5.52 Å². The van der Waals surface area contributed by atoms with Gasteiger partial charge in [0.2, 0.25) is 5.88 Å². The molecule has 2 aromatic rings. The van der Waals surface area contributed by atoms with Gasteiger partial charge in [0.25, 0.3) is 0 Å². The van der Waals surface area contributed by atoms with Crippen LogP contribution in [0.25, 0.3) is 10.9 Å². The first-order valence-corrected chi connectivity index (χ1v) is 5.95. The molecule has 3 rings (SSSR count). The smallest absolute Gasteiger partial charge is 0.400 e. The molecule has 0 saturated carbocycles. The minimum absolute atomic E-state index is 0.000532. The Morgan fingerprint density at radius 3 is 2.71 bits per heavy atom. The van der Waals surface area contributed by atoms with Gasteiger partial charge in [0, 0.05) is 17.1 Å². The normalized spacial score (nSPS) is 18.1. The van der Waals surface area contributed by atoms with Crippen LogP contribution in [0.1, 0.15) is 11.5 Å². The van der Waals surface area contributed by atoms with Crippen LogP contribution < -0.4 is 10.5 Å². The number of nitrogens with zero attached hydrogens (tertiary/aromatic N) is 2. The van der Waals surface area contributed by atoms with E-state index in [0.717, 1.165) is 0 Å². The van der Waals surface area contributed by atoms with Crippen molar-refractivity contribution < 1.29 is 17.9 Å². The summed E-state index contributed by atoms with van der Waals surface area (Å²) in [7, 11) is 0. The zero-order valence-electron chi connectivity index (χ0n) is 10.5. The minimum Gasteiger partial charge on any atom is -0.440 e. The number of allylic oxidation sites excluding steroid dienone is 1. The lowest BCUT2D eigenvalue weighted by molar-refractivity contribution is -0.142. The zero-order chi connectivity index (χ0) is 15.2. The van der Waals surface area contributed by atoms with E-state index in [1.54, 1.807) is 12.1 Å². The lowest BCUT2D eigenvalue weighted by atomic mass is 9.87. The van der Waals surface area contributed by atoms with Gasteiger partial charge in [-0.05, 0) is 18.2 Å². The number of hydrogen-bond donors (Lipinski definition) is 1. The number of hydrogen-bond acceptors (Lipinski definition) is 4. The molecule has 0 aliphatic carbocycles. The number of fused-ring (bicyclic) bond motifs is 3. The first kappa shape index (κ1) is 13.2. The summed E-state index contributed by atoms with van der Waals surface area (Å²) in [6, 6.07) is 7.42. The number of alkyl halides is 3. The first-order chi connectivity index (χ1) is 9.93. The minimum atomic E-state index is -4.63. The Kier molecular flexibility index (Phi) is 2.76. The molecule has 4 nitrogen and oxygen atoms in total. The van der Waals surface area contributed by atoms with Gasteiger partial charge in [-0.3, -0.25) is 4.98 Å². The molecule has 0 bridgehead atoms. The molecule has 7 heteroatoms. The Morgan fingerprint density at radius 1 is 1.29 bits per heavy atom. The number of benzene rings is 1. The molecule has 1 aromatic carbocycles. The maximum Gasteiger partial charge on any atom is 0.400 e. The van der Waals surface area contributed by atoms with Gasteiger partial charge < -0.3 is 10.5 Å². The summed E-state index contributed by atoms with van der Waals surface area (Å²) in [6.07, 6.45) is -3.11. The van der Waals surface area contributed by atoms with E-state index >= 15 is 0 Å². The predicted octanol–water partition coefficient (Wildman–Crippen LogP) is 2.97. The van der Waals surface area contributed by atoms with Crippen molar-refractivity contribution in [2.75, 3.05) is 0 Å². The van der Waals surface area contributed by atoms with Gasteiger partial charge in [-0.2, -0.15) is 18.4 Å². The highest BCUT2D eigenvalue weighted by Crippen LogP contribution is 2.48. The lowest BCUT2D eigenvalue weighted by Crippen LogP contribution is -2.29. The predicted molar refractivity (Wildman–Crippen MR) is 68.0 cm³/mol. The lowest BCUT2D eigenvalue weighted by Gasteiger charge is -2.28. The number of halogens is 3. The molecule has 1 aliphatic heterocycles. The summed E-state index contributed by atoms with van der Waals surface area (Å²) >= 11 is 0. The van der Waals surface area contributed by atoms with E-state index < -0.39 is 23.6 Å². The summed E-state index contributed by atoms with van der Waals surface area (Å²) in [4.78, 5) is 4.06. The van der Waals surface area contributed by atoms with Crippen LogP contribution in [0.4, 0.5) is 13.2 Å². The highest BCUT2D eigenvalue weighted by atomic mass is 19.4. The van der Waals surface area contributed by atoms with Crippen molar-refractivity contribution in [3.8, 4) is 11.8 Å². The second-order valence-electron chi connectivity index (χ2n) is 4.52. The largest absolute Gasteiger partial charge is 0.440 e. The maximum absolute atomic E-state index is 13.3. The number of pyridine rings is 1. The monoisotopic (exact) mass is 291 g/mol. The molecule has 0 fully saturated rings. The summed E-state index contributed by atoms with van der Waals surface area (Å²) in [6.45, 7) is 0. The number of nitrogens with two attached hydrogens (primary N) is 1. The number of nitriles is 1. The third kappa shape index (κ3) is 1.96. The number of rotatable bonds is 0. The van der Waals surface area contributed by atoms with Crippen LogP contribution in [0.15, 0.2) is 41.9 Å². The molecule has 0 spiro atoms. The van der Waals surface area contributed by atoms with Gasteiger partial charge >= 0.3 is 6.18 Å². The summed E-state index contributed by atoms with van der Waals surface area (Å²) < 4.78 is 45.2. The average Bonchev–Trinajstić information content (AvgIpc) is 2.44. The Morgan fingerprint density at radius 2 is 2.05 bits per heavy atom. The Hall–Kier alpha value is -2.75. The van der Waals surface area contributed by atoms with E-state index in [1.807, 2.05) is 0 Å². The molecule has 1 aromatic heterocycles. The Bertz CT molecular complexity index is 805. The van der Waals surface area contributed by atoms with Crippen molar-refractivity contribution in [2.45, 2.75) is 12.1 Å². The van der Waals surface area contributed by atoms with E-state index in [1.165, 1.54) is 24.4 Å². The van der Waals surface area contributed by atoms with Crippen LogP contribution in [0, 0.1) is 11.3 Å². The van der Waals surface area contributed by atoms with E-state index in [9.17, 15) is 13.2 Å². The highest BCUT2D eigenvalue weighted by Gasteiger charge is 2.48. The van der Waals surface area contributed by atoms with Crippen LogP contribution in [0.3, 0.4) is 0 Å². The SMILES string of the molecule is N#CC1=C(N)Oc2c(ccc3ncccc23)C1C(F)(F)F.